The zero-order valence-electron chi connectivity index (χ0n) is 16.5. The molecule has 1 atom stereocenters. The topological polar surface area (TPSA) is 109 Å². The molecule has 2 amide bonds. The molecule has 0 fully saturated rings. The van der Waals surface area contributed by atoms with Crippen molar-refractivity contribution in [1.82, 2.24) is 10.6 Å². The molecule has 0 radical (unpaired) electrons. The molecule has 0 aliphatic rings. The molecule has 2 aromatic carbocycles. The van der Waals surface area contributed by atoms with Crippen LogP contribution in [0, 0.1) is 5.82 Å². The summed E-state index contributed by atoms with van der Waals surface area (Å²) in [5.41, 5.74) is 1.81. The quantitative estimate of drug-likeness (QED) is 0.486. The highest BCUT2D eigenvalue weighted by Crippen LogP contribution is 2.20. The molecule has 31 heavy (non-hydrogen) atoms. The van der Waals surface area contributed by atoms with Gasteiger partial charge in [-0.1, -0.05) is 24.3 Å². The van der Waals surface area contributed by atoms with Crippen molar-refractivity contribution in [2.45, 2.75) is 25.4 Å². The number of halogens is 1. The fourth-order valence-corrected chi connectivity index (χ4v) is 2.92. The summed E-state index contributed by atoms with van der Waals surface area (Å²) in [5.74, 6) is -1.97. The Labute approximate surface area is 177 Å². The summed E-state index contributed by atoms with van der Waals surface area (Å²) in [6.07, 6.45) is 1.39. The number of hydrogen-bond acceptors (Lipinski definition) is 5. The second kappa shape index (κ2) is 10.3. The maximum Gasteiger partial charge on any atom is 0.320 e. The molecular formula is C23H21FN2O5. The van der Waals surface area contributed by atoms with Crippen LogP contribution >= 0.6 is 0 Å². The van der Waals surface area contributed by atoms with Gasteiger partial charge in [-0.2, -0.15) is 0 Å². The molecule has 0 unspecified atom stereocenters. The van der Waals surface area contributed by atoms with Crippen LogP contribution in [0.3, 0.4) is 0 Å². The van der Waals surface area contributed by atoms with Crippen molar-refractivity contribution < 1.29 is 28.3 Å². The van der Waals surface area contributed by atoms with Gasteiger partial charge in [-0.25, -0.2) is 4.39 Å². The number of benzene rings is 2. The molecule has 160 valence electrons. The van der Waals surface area contributed by atoms with Gasteiger partial charge >= 0.3 is 5.97 Å². The van der Waals surface area contributed by atoms with E-state index in [4.69, 9.17) is 4.42 Å². The minimum atomic E-state index is -1.12. The zero-order valence-corrected chi connectivity index (χ0v) is 16.5. The molecular weight excluding hydrogens is 403 g/mol. The Morgan fingerprint density at radius 3 is 2.32 bits per heavy atom. The highest BCUT2D eigenvalue weighted by Gasteiger charge is 2.19. The van der Waals surface area contributed by atoms with Crippen molar-refractivity contribution in [1.29, 1.82) is 0 Å². The first-order valence-electron chi connectivity index (χ1n) is 9.61. The predicted molar refractivity (Wildman–Crippen MR) is 111 cm³/mol. The highest BCUT2D eigenvalue weighted by atomic mass is 19.1. The zero-order chi connectivity index (χ0) is 22.2. The van der Waals surface area contributed by atoms with Crippen LogP contribution < -0.4 is 10.6 Å². The van der Waals surface area contributed by atoms with E-state index < -0.39 is 23.8 Å². The van der Waals surface area contributed by atoms with Gasteiger partial charge < -0.3 is 14.8 Å². The van der Waals surface area contributed by atoms with E-state index in [2.05, 4.69) is 10.6 Å². The molecule has 0 aliphatic heterocycles. The maximum absolute atomic E-state index is 12.9. The van der Waals surface area contributed by atoms with E-state index in [0.29, 0.717) is 16.9 Å². The van der Waals surface area contributed by atoms with Crippen molar-refractivity contribution >= 4 is 17.8 Å². The number of rotatable bonds is 9. The fourth-order valence-electron chi connectivity index (χ4n) is 2.92. The summed E-state index contributed by atoms with van der Waals surface area (Å²) in [5, 5.41) is 14.4. The number of carbonyl (C=O) groups is 3. The van der Waals surface area contributed by atoms with Gasteiger partial charge in [-0.3, -0.25) is 19.7 Å². The number of amides is 2. The van der Waals surface area contributed by atoms with Crippen LogP contribution in [0.15, 0.2) is 71.3 Å². The highest BCUT2D eigenvalue weighted by molar-refractivity contribution is 6.04. The summed E-state index contributed by atoms with van der Waals surface area (Å²) < 4.78 is 18.2. The third-order valence-corrected chi connectivity index (χ3v) is 4.63. The summed E-state index contributed by atoms with van der Waals surface area (Å²) in [6, 6.07) is 14.8. The average molecular weight is 424 g/mol. The number of furan rings is 1. The third-order valence-electron chi connectivity index (χ3n) is 4.63. The summed E-state index contributed by atoms with van der Waals surface area (Å²) in [7, 11) is 0. The Morgan fingerprint density at radius 1 is 1.00 bits per heavy atom. The molecule has 3 rings (SSSR count). The van der Waals surface area contributed by atoms with Crippen molar-refractivity contribution in [3.8, 4) is 11.3 Å². The van der Waals surface area contributed by atoms with Crippen LogP contribution in [0.1, 0.15) is 28.8 Å². The smallest absolute Gasteiger partial charge is 0.320 e. The van der Waals surface area contributed by atoms with Gasteiger partial charge in [0.1, 0.15) is 17.6 Å². The second-order valence-corrected chi connectivity index (χ2v) is 6.87. The van der Waals surface area contributed by atoms with Crippen LogP contribution in [-0.4, -0.2) is 28.9 Å². The van der Waals surface area contributed by atoms with Crippen molar-refractivity contribution in [3.63, 3.8) is 0 Å². The van der Waals surface area contributed by atoms with E-state index in [1.54, 1.807) is 54.8 Å². The number of hydrogen-bond donors (Lipinski definition) is 3. The lowest BCUT2D eigenvalue weighted by atomic mass is 10.1. The molecule has 7 nitrogen and oxygen atoms in total. The van der Waals surface area contributed by atoms with E-state index in [9.17, 15) is 23.9 Å². The van der Waals surface area contributed by atoms with Gasteiger partial charge in [0, 0.05) is 24.1 Å². The van der Waals surface area contributed by atoms with Crippen LogP contribution in [0.4, 0.5) is 4.39 Å². The van der Waals surface area contributed by atoms with E-state index in [-0.39, 0.29) is 25.2 Å². The fraction of sp³-hybridized carbons (Fsp3) is 0.174. The van der Waals surface area contributed by atoms with Gasteiger partial charge in [-0.15, -0.1) is 0 Å². The average Bonchev–Trinajstić information content (AvgIpc) is 3.29. The SMILES string of the molecule is O=C(CC[C@H](NCc1ccc(F)cc1)C(=O)O)NC(=O)c1ccc(-c2ccco2)cc1. The van der Waals surface area contributed by atoms with Gasteiger partial charge in [0.25, 0.3) is 5.91 Å². The number of carbonyl (C=O) groups excluding carboxylic acids is 2. The van der Waals surface area contributed by atoms with Crippen molar-refractivity contribution in [2.75, 3.05) is 0 Å². The lowest BCUT2D eigenvalue weighted by Gasteiger charge is -2.14. The van der Waals surface area contributed by atoms with E-state index in [1.165, 1.54) is 12.1 Å². The molecule has 3 N–H and O–H groups in total. The minimum Gasteiger partial charge on any atom is -0.480 e. The van der Waals surface area contributed by atoms with Gasteiger partial charge in [-0.05, 0) is 48.4 Å². The number of aliphatic carboxylic acids is 1. The summed E-state index contributed by atoms with van der Waals surface area (Å²) in [6.45, 7) is 0.208. The predicted octanol–water partition coefficient (Wildman–Crippen LogP) is 3.37. The number of nitrogens with one attached hydrogen (secondary N) is 2. The monoisotopic (exact) mass is 424 g/mol. The van der Waals surface area contributed by atoms with Gasteiger partial charge in [0.15, 0.2) is 0 Å². The Balaban J connectivity index is 1.48. The second-order valence-electron chi connectivity index (χ2n) is 6.87. The van der Waals surface area contributed by atoms with Gasteiger partial charge in [0.05, 0.1) is 6.26 Å². The van der Waals surface area contributed by atoms with Crippen LogP contribution in [0.5, 0.6) is 0 Å². The molecule has 0 saturated carbocycles. The molecule has 8 heteroatoms. The maximum atomic E-state index is 12.9. The van der Waals surface area contributed by atoms with Gasteiger partial charge in [0.2, 0.25) is 5.91 Å². The summed E-state index contributed by atoms with van der Waals surface area (Å²) >= 11 is 0. The Kier molecular flexibility index (Phi) is 7.29. The molecule has 1 aromatic heterocycles. The standard InChI is InChI=1S/C23H21FN2O5/c24-18-9-3-15(4-10-18)14-25-19(23(29)30)11-12-21(27)26-22(28)17-7-5-16(6-8-17)20-2-1-13-31-20/h1-10,13,19,25H,11-12,14H2,(H,29,30)(H,26,27,28)/t19-/m0/s1. The molecule has 1 heterocycles. The minimum absolute atomic E-state index is 0.00687. The van der Waals surface area contributed by atoms with Crippen molar-refractivity contribution in [2.24, 2.45) is 0 Å². The third kappa shape index (κ3) is 6.35. The van der Waals surface area contributed by atoms with E-state index >= 15 is 0 Å². The first-order chi connectivity index (χ1) is 14.9. The molecule has 0 saturated heterocycles. The van der Waals surface area contributed by atoms with Crippen molar-refractivity contribution in [3.05, 3.63) is 83.9 Å². The van der Waals surface area contributed by atoms with Crippen LogP contribution in [0.2, 0.25) is 0 Å². The van der Waals surface area contributed by atoms with E-state index in [0.717, 1.165) is 5.56 Å². The van der Waals surface area contributed by atoms with Crippen LogP contribution in [-0.2, 0) is 16.1 Å². The molecule has 3 aromatic rings. The molecule has 0 aliphatic carbocycles. The lowest BCUT2D eigenvalue weighted by molar-refractivity contribution is -0.139. The first-order valence-corrected chi connectivity index (χ1v) is 9.61. The Bertz CT molecular complexity index is 1030. The largest absolute Gasteiger partial charge is 0.480 e. The molecule has 0 spiro atoms. The van der Waals surface area contributed by atoms with Crippen LogP contribution in [0.25, 0.3) is 11.3 Å². The first kappa shape index (κ1) is 21.9. The van der Waals surface area contributed by atoms with E-state index in [1.807, 2.05) is 0 Å². The number of carboxylic acid groups (broad SMARTS) is 1. The Hall–Kier alpha value is -3.78. The number of imide groups is 1. The Morgan fingerprint density at radius 2 is 1.71 bits per heavy atom. The summed E-state index contributed by atoms with van der Waals surface area (Å²) in [4.78, 5) is 35.8. The normalized spacial score (nSPS) is 11.6. The lowest BCUT2D eigenvalue weighted by Crippen LogP contribution is -2.38. The number of carboxylic acids is 1. The molecule has 0 bridgehead atoms.